The molecule has 4 rings (SSSR count). The molecule has 0 radical (unpaired) electrons. The van der Waals surface area contributed by atoms with Gasteiger partial charge in [0.05, 0.1) is 17.1 Å². The first kappa shape index (κ1) is 16.0. The van der Waals surface area contributed by atoms with Gasteiger partial charge in [-0.1, -0.05) is 42.5 Å². The molecule has 1 aromatic heterocycles. The number of aryl methyl sites for hydroxylation is 1. The lowest BCUT2D eigenvalue weighted by atomic mass is 10.1. The molecule has 3 aromatic rings. The van der Waals surface area contributed by atoms with Crippen molar-refractivity contribution >= 4 is 11.0 Å². The Balaban J connectivity index is 1.76. The smallest absolute Gasteiger partial charge is 0.274 e. The van der Waals surface area contributed by atoms with Gasteiger partial charge in [-0.15, -0.1) is 0 Å². The van der Waals surface area contributed by atoms with Crippen molar-refractivity contribution in [3.8, 4) is 0 Å². The van der Waals surface area contributed by atoms with Crippen molar-refractivity contribution in [3.63, 3.8) is 0 Å². The van der Waals surface area contributed by atoms with E-state index in [0.29, 0.717) is 18.7 Å². The Hall–Kier alpha value is -2.50. The number of para-hydroxylation sites is 2. The second kappa shape index (κ2) is 6.43. The number of likely N-dealkylation sites (tertiary alicyclic amines) is 1. The van der Waals surface area contributed by atoms with Crippen LogP contribution in [0, 0.1) is 0 Å². The van der Waals surface area contributed by atoms with Crippen molar-refractivity contribution in [2.24, 2.45) is 7.05 Å². The Labute approximate surface area is 146 Å². The van der Waals surface area contributed by atoms with Gasteiger partial charge < -0.3 is 9.67 Å². The molecule has 2 atom stereocenters. The van der Waals surface area contributed by atoms with E-state index >= 15 is 0 Å². The highest BCUT2D eigenvalue weighted by atomic mass is 16.3. The van der Waals surface area contributed by atoms with Gasteiger partial charge in [-0.3, -0.25) is 9.69 Å². The Morgan fingerprint density at radius 3 is 2.60 bits per heavy atom. The third-order valence-corrected chi connectivity index (χ3v) is 5.01. The van der Waals surface area contributed by atoms with Gasteiger partial charge in [0.15, 0.2) is 0 Å². The Kier molecular flexibility index (Phi) is 4.11. The highest BCUT2D eigenvalue weighted by molar-refractivity contribution is 5.74. The minimum Gasteiger partial charge on any atom is -0.378 e. The topological polar surface area (TPSA) is 58.4 Å². The molecule has 5 heteroatoms. The van der Waals surface area contributed by atoms with E-state index in [1.165, 1.54) is 0 Å². The molecular weight excluding hydrogens is 314 g/mol. The average Bonchev–Trinajstić information content (AvgIpc) is 2.99. The maximum atomic E-state index is 12.9. The average molecular weight is 335 g/mol. The minimum absolute atomic E-state index is 0.0872. The summed E-state index contributed by atoms with van der Waals surface area (Å²) in [6, 6.07) is 17.5. The minimum atomic E-state index is -0.553. The van der Waals surface area contributed by atoms with Gasteiger partial charge in [-0.25, -0.2) is 4.98 Å². The fourth-order valence-corrected chi connectivity index (χ4v) is 3.67. The lowest BCUT2D eigenvalue weighted by molar-refractivity contribution is 0.00950. The summed E-state index contributed by atoms with van der Waals surface area (Å²) in [5.74, 6) is 0. The number of benzene rings is 2. The molecule has 25 heavy (non-hydrogen) atoms. The number of nitrogens with zero attached hydrogens (tertiary/aromatic N) is 3. The van der Waals surface area contributed by atoms with E-state index in [-0.39, 0.29) is 11.6 Å². The number of rotatable bonds is 3. The van der Waals surface area contributed by atoms with Gasteiger partial charge in [-0.2, -0.15) is 0 Å². The van der Waals surface area contributed by atoms with Crippen LogP contribution in [-0.4, -0.2) is 25.8 Å². The van der Waals surface area contributed by atoms with E-state index in [9.17, 15) is 9.90 Å². The molecule has 5 nitrogen and oxygen atoms in total. The van der Waals surface area contributed by atoms with E-state index in [0.717, 1.165) is 23.0 Å². The molecular formula is C20H21N3O2. The summed E-state index contributed by atoms with van der Waals surface area (Å²) in [5, 5.41) is 10.4. The van der Waals surface area contributed by atoms with Crippen molar-refractivity contribution in [2.45, 2.75) is 31.7 Å². The highest BCUT2D eigenvalue weighted by Crippen LogP contribution is 2.34. The monoisotopic (exact) mass is 335 g/mol. The summed E-state index contributed by atoms with van der Waals surface area (Å²) >= 11 is 0. The third kappa shape index (κ3) is 2.86. The Morgan fingerprint density at radius 1 is 1.08 bits per heavy atom. The predicted molar refractivity (Wildman–Crippen MR) is 97.0 cm³/mol. The quantitative estimate of drug-likeness (QED) is 0.799. The molecule has 1 fully saturated rings. The molecule has 1 saturated heterocycles. The van der Waals surface area contributed by atoms with Crippen molar-refractivity contribution in [3.05, 3.63) is 76.2 Å². The maximum Gasteiger partial charge on any atom is 0.274 e. The lowest BCUT2D eigenvalue weighted by Gasteiger charge is -2.27. The summed E-state index contributed by atoms with van der Waals surface area (Å²) in [4.78, 5) is 19.5. The second-order valence-electron chi connectivity index (χ2n) is 6.58. The number of hydrogen-bond acceptors (Lipinski definition) is 4. The molecule has 0 aliphatic carbocycles. The number of hydrogen-bond donors (Lipinski definition) is 1. The lowest BCUT2D eigenvalue weighted by Crippen LogP contribution is -2.35. The molecule has 0 saturated carbocycles. The van der Waals surface area contributed by atoms with Gasteiger partial charge in [-0.05, 0) is 30.5 Å². The molecule has 2 aromatic carbocycles. The molecule has 2 heterocycles. The zero-order chi connectivity index (χ0) is 17.4. The van der Waals surface area contributed by atoms with Gasteiger partial charge in [0.2, 0.25) is 0 Å². The van der Waals surface area contributed by atoms with E-state index in [1.807, 2.05) is 59.5 Å². The molecule has 2 unspecified atom stereocenters. The molecule has 1 aliphatic rings. The molecule has 0 amide bonds. The van der Waals surface area contributed by atoms with E-state index in [1.54, 1.807) is 11.6 Å². The van der Waals surface area contributed by atoms with Crippen LogP contribution in [0.1, 0.15) is 30.1 Å². The summed E-state index contributed by atoms with van der Waals surface area (Å²) < 4.78 is 1.66. The SMILES string of the molecule is Cn1c(=O)c(C2CCC(O)N2Cc2ccccc2)nc2ccccc21. The second-order valence-corrected chi connectivity index (χ2v) is 6.58. The molecule has 0 spiro atoms. The van der Waals surface area contributed by atoms with Crippen molar-refractivity contribution in [1.29, 1.82) is 0 Å². The summed E-state index contributed by atoms with van der Waals surface area (Å²) in [7, 11) is 1.78. The normalized spacial score (nSPS) is 21.0. The standard InChI is InChI=1S/C20H21N3O2/c1-22-16-10-6-5-9-15(16)21-19(20(22)25)17-11-12-18(24)23(17)13-14-7-3-2-4-8-14/h2-10,17-18,24H,11-13H2,1H3. The number of fused-ring (bicyclic) bond motifs is 1. The fourth-order valence-electron chi connectivity index (χ4n) is 3.67. The number of aliphatic hydroxyl groups excluding tert-OH is 1. The molecule has 0 bridgehead atoms. The van der Waals surface area contributed by atoms with Crippen LogP contribution in [-0.2, 0) is 13.6 Å². The first-order valence-electron chi connectivity index (χ1n) is 8.58. The number of aliphatic hydroxyl groups is 1. The Bertz CT molecular complexity index is 952. The van der Waals surface area contributed by atoms with Gasteiger partial charge in [0, 0.05) is 13.6 Å². The zero-order valence-corrected chi connectivity index (χ0v) is 14.2. The van der Waals surface area contributed by atoms with Crippen molar-refractivity contribution in [2.75, 3.05) is 0 Å². The molecule has 1 N–H and O–H groups in total. The molecule has 128 valence electrons. The van der Waals surface area contributed by atoms with Crippen LogP contribution in [0.5, 0.6) is 0 Å². The first-order chi connectivity index (χ1) is 12.1. The van der Waals surface area contributed by atoms with Crippen molar-refractivity contribution < 1.29 is 5.11 Å². The van der Waals surface area contributed by atoms with Gasteiger partial charge in [0.1, 0.15) is 11.9 Å². The van der Waals surface area contributed by atoms with Crippen LogP contribution in [0.3, 0.4) is 0 Å². The Morgan fingerprint density at radius 2 is 1.80 bits per heavy atom. The largest absolute Gasteiger partial charge is 0.378 e. The number of aromatic nitrogens is 2. The van der Waals surface area contributed by atoms with E-state index in [2.05, 4.69) is 4.98 Å². The van der Waals surface area contributed by atoms with Gasteiger partial charge >= 0.3 is 0 Å². The van der Waals surface area contributed by atoms with Crippen LogP contribution in [0.2, 0.25) is 0 Å². The van der Waals surface area contributed by atoms with Crippen molar-refractivity contribution in [1.82, 2.24) is 14.5 Å². The highest BCUT2D eigenvalue weighted by Gasteiger charge is 2.36. The van der Waals surface area contributed by atoms with Gasteiger partial charge in [0.25, 0.3) is 5.56 Å². The zero-order valence-electron chi connectivity index (χ0n) is 14.2. The summed E-state index contributed by atoms with van der Waals surface area (Å²) in [6.07, 6.45) is 0.826. The van der Waals surface area contributed by atoms with Crippen LogP contribution in [0.15, 0.2) is 59.4 Å². The summed E-state index contributed by atoms with van der Waals surface area (Å²) in [5.41, 5.74) is 3.18. The van der Waals surface area contributed by atoms with Crippen LogP contribution >= 0.6 is 0 Å². The van der Waals surface area contributed by atoms with E-state index < -0.39 is 6.23 Å². The summed E-state index contributed by atoms with van der Waals surface area (Å²) in [6.45, 7) is 0.602. The third-order valence-electron chi connectivity index (χ3n) is 5.01. The fraction of sp³-hybridized carbons (Fsp3) is 0.300. The van der Waals surface area contributed by atoms with Crippen LogP contribution in [0.4, 0.5) is 0 Å². The first-order valence-corrected chi connectivity index (χ1v) is 8.58. The van der Waals surface area contributed by atoms with Crippen LogP contribution < -0.4 is 5.56 Å². The predicted octanol–water partition coefficient (Wildman–Crippen LogP) is 2.59. The molecule has 1 aliphatic heterocycles. The van der Waals surface area contributed by atoms with Crippen LogP contribution in [0.25, 0.3) is 11.0 Å². The maximum absolute atomic E-state index is 12.9. The van der Waals surface area contributed by atoms with E-state index in [4.69, 9.17) is 0 Å².